The molecule has 0 spiro atoms. The van der Waals surface area contributed by atoms with E-state index in [1.165, 1.54) is 6.07 Å². The number of hydrogen-bond acceptors (Lipinski definition) is 2. The van der Waals surface area contributed by atoms with Crippen molar-refractivity contribution in [2.75, 3.05) is 6.61 Å². The Hall–Kier alpha value is -1.16. The lowest BCUT2D eigenvalue weighted by molar-refractivity contribution is 0.233. The lowest BCUT2D eigenvalue weighted by Gasteiger charge is -2.19. The molecular formula is C10H13F2NO. The Labute approximate surface area is 81.7 Å². The third-order valence-electron chi connectivity index (χ3n) is 1.49. The van der Waals surface area contributed by atoms with Crippen molar-refractivity contribution in [3.8, 4) is 5.75 Å². The van der Waals surface area contributed by atoms with Crippen LogP contribution in [0.15, 0.2) is 18.2 Å². The molecule has 0 saturated heterocycles. The van der Waals surface area contributed by atoms with E-state index in [4.69, 9.17) is 10.5 Å². The number of ether oxygens (including phenoxy) is 1. The summed E-state index contributed by atoms with van der Waals surface area (Å²) in [6.45, 7) is 3.69. The van der Waals surface area contributed by atoms with Gasteiger partial charge in [0.15, 0.2) is 11.6 Å². The van der Waals surface area contributed by atoms with Crippen LogP contribution in [0.3, 0.4) is 0 Å². The molecule has 1 aromatic rings. The Morgan fingerprint density at radius 2 is 2.00 bits per heavy atom. The van der Waals surface area contributed by atoms with Crippen LogP contribution in [-0.2, 0) is 0 Å². The molecule has 0 aliphatic heterocycles. The molecule has 2 nitrogen and oxygen atoms in total. The maximum Gasteiger partial charge on any atom is 0.167 e. The zero-order valence-corrected chi connectivity index (χ0v) is 8.18. The molecule has 2 N–H and O–H groups in total. The molecule has 0 aliphatic carbocycles. The maximum absolute atomic E-state index is 13.0. The zero-order valence-electron chi connectivity index (χ0n) is 8.18. The molecule has 14 heavy (non-hydrogen) atoms. The summed E-state index contributed by atoms with van der Waals surface area (Å²) in [5.41, 5.74) is 5.10. The maximum atomic E-state index is 13.0. The fourth-order valence-corrected chi connectivity index (χ4v) is 0.856. The minimum absolute atomic E-state index is 0.0184. The van der Waals surface area contributed by atoms with Crippen LogP contribution in [0, 0.1) is 11.6 Å². The van der Waals surface area contributed by atoms with Crippen molar-refractivity contribution in [2.45, 2.75) is 19.4 Å². The number of rotatable bonds is 3. The van der Waals surface area contributed by atoms with E-state index in [0.717, 1.165) is 12.1 Å². The molecular weight excluding hydrogens is 188 g/mol. The summed E-state index contributed by atoms with van der Waals surface area (Å²) >= 11 is 0. The third-order valence-corrected chi connectivity index (χ3v) is 1.49. The van der Waals surface area contributed by atoms with E-state index in [1.807, 2.05) is 0 Å². The van der Waals surface area contributed by atoms with Crippen LogP contribution >= 0.6 is 0 Å². The van der Waals surface area contributed by atoms with Gasteiger partial charge in [0.25, 0.3) is 0 Å². The van der Waals surface area contributed by atoms with E-state index in [9.17, 15) is 8.78 Å². The van der Waals surface area contributed by atoms with Gasteiger partial charge in [-0.25, -0.2) is 8.78 Å². The van der Waals surface area contributed by atoms with Crippen LogP contribution in [0.25, 0.3) is 0 Å². The summed E-state index contributed by atoms with van der Waals surface area (Å²) in [4.78, 5) is 0. The van der Waals surface area contributed by atoms with Crippen LogP contribution < -0.4 is 10.5 Å². The van der Waals surface area contributed by atoms with Gasteiger partial charge in [0, 0.05) is 11.6 Å². The lowest BCUT2D eigenvalue weighted by atomic mass is 10.1. The molecule has 0 atom stereocenters. The van der Waals surface area contributed by atoms with E-state index in [-0.39, 0.29) is 12.4 Å². The first-order valence-electron chi connectivity index (χ1n) is 4.25. The van der Waals surface area contributed by atoms with Gasteiger partial charge in [0.05, 0.1) is 0 Å². The largest absolute Gasteiger partial charge is 0.489 e. The smallest absolute Gasteiger partial charge is 0.167 e. The summed E-state index contributed by atoms with van der Waals surface area (Å²) in [7, 11) is 0. The highest BCUT2D eigenvalue weighted by molar-refractivity contribution is 5.24. The minimum Gasteiger partial charge on any atom is -0.489 e. The minimum atomic E-state index is -0.714. The first kappa shape index (κ1) is 10.9. The van der Waals surface area contributed by atoms with Gasteiger partial charge < -0.3 is 10.5 Å². The van der Waals surface area contributed by atoms with Gasteiger partial charge in [-0.1, -0.05) is 0 Å². The summed E-state index contributed by atoms with van der Waals surface area (Å²) < 4.78 is 30.6. The van der Waals surface area contributed by atoms with Gasteiger partial charge in [-0.05, 0) is 26.0 Å². The molecule has 0 bridgehead atoms. The summed E-state index contributed by atoms with van der Waals surface area (Å²) in [6, 6.07) is 3.16. The second-order valence-corrected chi connectivity index (χ2v) is 3.85. The fraction of sp³-hybridized carbons (Fsp3) is 0.400. The van der Waals surface area contributed by atoms with E-state index in [2.05, 4.69) is 0 Å². The van der Waals surface area contributed by atoms with Gasteiger partial charge in [-0.2, -0.15) is 0 Å². The van der Waals surface area contributed by atoms with Gasteiger partial charge in [0.2, 0.25) is 0 Å². The highest BCUT2D eigenvalue weighted by atomic mass is 19.1. The monoisotopic (exact) mass is 201 g/mol. The van der Waals surface area contributed by atoms with Crippen LogP contribution in [0.1, 0.15) is 13.8 Å². The Morgan fingerprint density at radius 1 is 1.36 bits per heavy atom. The van der Waals surface area contributed by atoms with Crippen molar-refractivity contribution in [1.82, 2.24) is 0 Å². The predicted molar refractivity (Wildman–Crippen MR) is 50.1 cm³/mol. The molecule has 0 saturated carbocycles. The van der Waals surface area contributed by atoms with Gasteiger partial charge in [-0.3, -0.25) is 0 Å². The van der Waals surface area contributed by atoms with E-state index < -0.39 is 17.2 Å². The van der Waals surface area contributed by atoms with Crippen molar-refractivity contribution in [3.05, 3.63) is 29.8 Å². The van der Waals surface area contributed by atoms with Crippen molar-refractivity contribution < 1.29 is 13.5 Å². The molecule has 1 rings (SSSR count). The quantitative estimate of drug-likeness (QED) is 0.812. The lowest BCUT2D eigenvalue weighted by Crippen LogP contribution is -2.38. The third kappa shape index (κ3) is 3.30. The molecule has 0 aromatic heterocycles. The highest BCUT2D eigenvalue weighted by Crippen LogP contribution is 2.18. The number of halogens is 2. The Bertz CT molecular complexity index is 320. The summed E-state index contributed by atoms with van der Waals surface area (Å²) in [5, 5.41) is 0. The average Bonchev–Trinajstić information content (AvgIpc) is 2.00. The first-order valence-corrected chi connectivity index (χ1v) is 4.25. The highest BCUT2D eigenvalue weighted by Gasteiger charge is 2.13. The van der Waals surface area contributed by atoms with Crippen molar-refractivity contribution in [2.24, 2.45) is 5.73 Å². The molecule has 78 valence electrons. The normalized spacial score (nSPS) is 11.5. The summed E-state index contributed by atoms with van der Waals surface area (Å²) in [6.07, 6.45) is 0. The Morgan fingerprint density at radius 3 is 2.50 bits per heavy atom. The van der Waals surface area contributed by atoms with Crippen LogP contribution in [0.4, 0.5) is 8.78 Å². The first-order chi connectivity index (χ1) is 6.38. The molecule has 0 radical (unpaired) electrons. The fourth-order valence-electron chi connectivity index (χ4n) is 0.856. The van der Waals surface area contributed by atoms with Gasteiger partial charge in [-0.15, -0.1) is 0 Å². The van der Waals surface area contributed by atoms with Crippen LogP contribution in [0.2, 0.25) is 0 Å². The molecule has 0 amide bonds. The van der Waals surface area contributed by atoms with Crippen molar-refractivity contribution in [1.29, 1.82) is 0 Å². The number of nitrogens with two attached hydrogens (primary N) is 1. The van der Waals surface area contributed by atoms with E-state index in [0.29, 0.717) is 0 Å². The standard InChI is InChI=1S/C10H13F2NO/c1-10(2,13)6-14-9-4-3-7(11)5-8(9)12/h3-5H,6,13H2,1-2H3. The van der Waals surface area contributed by atoms with Crippen LogP contribution in [-0.4, -0.2) is 12.1 Å². The average molecular weight is 201 g/mol. The Kier molecular flexibility index (Phi) is 3.06. The second-order valence-electron chi connectivity index (χ2n) is 3.85. The summed E-state index contributed by atoms with van der Waals surface area (Å²) in [5.74, 6) is -1.32. The Balaban J connectivity index is 2.68. The van der Waals surface area contributed by atoms with Crippen molar-refractivity contribution in [3.63, 3.8) is 0 Å². The SMILES string of the molecule is CC(C)(N)COc1ccc(F)cc1F. The number of hydrogen-bond donors (Lipinski definition) is 1. The topological polar surface area (TPSA) is 35.2 Å². The molecule has 0 heterocycles. The predicted octanol–water partition coefficient (Wildman–Crippen LogP) is 2.08. The van der Waals surface area contributed by atoms with Gasteiger partial charge >= 0.3 is 0 Å². The molecule has 0 fully saturated rings. The molecule has 0 aliphatic rings. The van der Waals surface area contributed by atoms with E-state index >= 15 is 0 Å². The second kappa shape index (κ2) is 3.92. The van der Waals surface area contributed by atoms with Crippen molar-refractivity contribution >= 4 is 0 Å². The van der Waals surface area contributed by atoms with E-state index in [1.54, 1.807) is 13.8 Å². The molecule has 1 aromatic carbocycles. The van der Waals surface area contributed by atoms with Gasteiger partial charge in [0.1, 0.15) is 12.4 Å². The number of benzene rings is 1. The molecule has 0 unspecified atom stereocenters. The van der Waals surface area contributed by atoms with Crippen LogP contribution in [0.5, 0.6) is 5.75 Å². The molecule has 4 heteroatoms. The zero-order chi connectivity index (χ0) is 10.8.